The number of hydrogen-bond acceptors (Lipinski definition) is 2. The minimum Gasteiger partial charge on any atom is -0.398 e. The van der Waals surface area contributed by atoms with Crippen molar-refractivity contribution in [2.45, 2.75) is 0 Å². The van der Waals surface area contributed by atoms with Gasteiger partial charge in [0.1, 0.15) is 0 Å². The van der Waals surface area contributed by atoms with Gasteiger partial charge in [-0.05, 0) is 33.7 Å². The highest BCUT2D eigenvalue weighted by molar-refractivity contribution is 6.12. The van der Waals surface area contributed by atoms with E-state index < -0.39 is 0 Å². The molecule has 0 amide bonds. The molecule has 4 N–H and O–H groups in total. The van der Waals surface area contributed by atoms with Crippen molar-refractivity contribution in [1.29, 1.82) is 0 Å². The summed E-state index contributed by atoms with van der Waals surface area (Å²) in [6.45, 7) is 0. The van der Waals surface area contributed by atoms with E-state index >= 15 is 0 Å². The van der Waals surface area contributed by atoms with E-state index in [1.807, 2.05) is 36.4 Å². The third-order valence-corrected chi connectivity index (χ3v) is 4.17. The fourth-order valence-corrected chi connectivity index (χ4v) is 3.13. The maximum Gasteiger partial charge on any atom is 0.0401 e. The second-order valence-corrected chi connectivity index (χ2v) is 5.50. The molecule has 0 aliphatic heterocycles. The maximum atomic E-state index is 6.32. The molecule has 2 nitrogen and oxygen atoms in total. The van der Waals surface area contributed by atoms with Crippen LogP contribution in [0.5, 0.6) is 0 Å². The second kappa shape index (κ2) is 5.82. The topological polar surface area (TPSA) is 52.0 Å². The quantitative estimate of drug-likeness (QED) is 0.471. The van der Waals surface area contributed by atoms with Gasteiger partial charge < -0.3 is 11.5 Å². The van der Waals surface area contributed by atoms with Crippen molar-refractivity contribution in [3.8, 4) is 11.1 Å². The van der Waals surface area contributed by atoms with Gasteiger partial charge in [-0.3, -0.25) is 0 Å². The fourth-order valence-electron chi connectivity index (χ4n) is 3.13. The molecule has 0 radical (unpaired) electrons. The molecular weight excluding hydrogens is 304 g/mol. The number of anilines is 2. The molecule has 23 heavy (non-hydrogen) atoms. The minimum atomic E-state index is 0. The molecule has 0 unspecified atom stereocenters. The number of fused-ring (bicyclic) bond motifs is 2. The van der Waals surface area contributed by atoms with Crippen molar-refractivity contribution < 1.29 is 0 Å². The highest BCUT2D eigenvalue weighted by Gasteiger charge is 2.13. The van der Waals surface area contributed by atoms with E-state index in [4.69, 9.17) is 11.5 Å². The third-order valence-electron chi connectivity index (χ3n) is 4.17. The number of nitrogens with two attached hydrogens (primary N) is 2. The monoisotopic (exact) mass is 320 g/mol. The zero-order valence-corrected chi connectivity index (χ0v) is 13.3. The Labute approximate surface area is 141 Å². The van der Waals surface area contributed by atoms with Crippen molar-refractivity contribution in [1.82, 2.24) is 0 Å². The largest absolute Gasteiger partial charge is 0.398 e. The summed E-state index contributed by atoms with van der Waals surface area (Å²) in [5, 5.41) is 4.59. The highest BCUT2D eigenvalue weighted by atomic mass is 35.5. The number of benzene rings is 4. The van der Waals surface area contributed by atoms with Crippen molar-refractivity contribution >= 4 is 45.3 Å². The molecule has 0 fully saturated rings. The van der Waals surface area contributed by atoms with Crippen LogP contribution in [-0.4, -0.2) is 0 Å². The molecular formula is C20H17ClN2. The summed E-state index contributed by atoms with van der Waals surface area (Å²) in [5.74, 6) is 0. The van der Waals surface area contributed by atoms with Crippen LogP contribution >= 0.6 is 12.4 Å². The molecule has 0 spiro atoms. The van der Waals surface area contributed by atoms with Crippen molar-refractivity contribution in [3.05, 3.63) is 72.8 Å². The van der Waals surface area contributed by atoms with Crippen LogP contribution in [0.15, 0.2) is 72.8 Å². The third kappa shape index (κ3) is 2.37. The van der Waals surface area contributed by atoms with Crippen LogP contribution in [-0.2, 0) is 0 Å². The Kier molecular flexibility index (Phi) is 3.85. The van der Waals surface area contributed by atoms with Crippen LogP contribution in [0.4, 0.5) is 11.4 Å². The lowest BCUT2D eigenvalue weighted by atomic mass is 9.91. The predicted molar refractivity (Wildman–Crippen MR) is 103 cm³/mol. The lowest BCUT2D eigenvalue weighted by molar-refractivity contribution is 1.66. The van der Waals surface area contributed by atoms with Crippen LogP contribution in [0.25, 0.3) is 32.7 Å². The van der Waals surface area contributed by atoms with Gasteiger partial charge in [-0.25, -0.2) is 0 Å². The minimum absolute atomic E-state index is 0. The van der Waals surface area contributed by atoms with E-state index in [1.54, 1.807) is 0 Å². The standard InChI is InChI=1S/C20H16N2.ClH/c21-17-11-9-13-5-1-3-7-15(13)19(17)20-16-8-4-2-6-14(16)10-12-18(20)22;/h1-12H,21-22H2;1H. The van der Waals surface area contributed by atoms with Gasteiger partial charge in [-0.2, -0.15) is 0 Å². The Bertz CT molecular complexity index is 925. The normalized spacial score (nSPS) is 10.6. The second-order valence-electron chi connectivity index (χ2n) is 5.50. The summed E-state index contributed by atoms with van der Waals surface area (Å²) in [7, 11) is 0. The average Bonchev–Trinajstić information content (AvgIpc) is 2.56. The van der Waals surface area contributed by atoms with Crippen LogP contribution in [0.1, 0.15) is 0 Å². The first-order valence-corrected chi connectivity index (χ1v) is 7.30. The number of nitrogen functional groups attached to an aromatic ring is 2. The fraction of sp³-hybridized carbons (Fsp3) is 0. The van der Waals surface area contributed by atoms with Gasteiger partial charge in [0, 0.05) is 22.5 Å². The highest BCUT2D eigenvalue weighted by Crippen LogP contribution is 2.41. The molecule has 0 bridgehead atoms. The van der Waals surface area contributed by atoms with E-state index in [-0.39, 0.29) is 12.4 Å². The molecule has 0 aromatic heterocycles. The molecule has 114 valence electrons. The first-order chi connectivity index (χ1) is 10.8. The average molecular weight is 321 g/mol. The summed E-state index contributed by atoms with van der Waals surface area (Å²) >= 11 is 0. The Morgan fingerprint density at radius 3 is 1.30 bits per heavy atom. The molecule has 0 atom stereocenters. The maximum absolute atomic E-state index is 6.32. The summed E-state index contributed by atoms with van der Waals surface area (Å²) in [6, 6.07) is 24.6. The molecule has 4 aromatic carbocycles. The molecule has 4 rings (SSSR count). The van der Waals surface area contributed by atoms with Gasteiger partial charge in [-0.15, -0.1) is 12.4 Å². The molecule has 0 aliphatic rings. The van der Waals surface area contributed by atoms with Crippen molar-refractivity contribution in [2.24, 2.45) is 0 Å². The van der Waals surface area contributed by atoms with Crippen LogP contribution in [0, 0.1) is 0 Å². The molecule has 0 saturated carbocycles. The van der Waals surface area contributed by atoms with Gasteiger partial charge in [0.2, 0.25) is 0 Å². The van der Waals surface area contributed by atoms with Gasteiger partial charge in [0.05, 0.1) is 0 Å². The zero-order valence-electron chi connectivity index (χ0n) is 12.5. The number of rotatable bonds is 1. The first kappa shape index (κ1) is 15.2. The number of hydrogen-bond donors (Lipinski definition) is 2. The first-order valence-electron chi connectivity index (χ1n) is 7.30. The van der Waals surface area contributed by atoms with E-state index in [0.29, 0.717) is 0 Å². The Morgan fingerprint density at radius 2 is 0.870 bits per heavy atom. The van der Waals surface area contributed by atoms with Crippen LogP contribution < -0.4 is 11.5 Å². The lowest BCUT2D eigenvalue weighted by Gasteiger charge is -2.15. The van der Waals surface area contributed by atoms with Crippen LogP contribution in [0.3, 0.4) is 0 Å². The molecule has 3 heteroatoms. The summed E-state index contributed by atoms with van der Waals surface area (Å²) in [5.41, 5.74) is 16.2. The molecule has 0 aliphatic carbocycles. The van der Waals surface area contributed by atoms with Gasteiger partial charge in [-0.1, -0.05) is 60.7 Å². The smallest absolute Gasteiger partial charge is 0.0401 e. The van der Waals surface area contributed by atoms with Gasteiger partial charge >= 0.3 is 0 Å². The molecule has 0 saturated heterocycles. The van der Waals surface area contributed by atoms with Gasteiger partial charge in [0.15, 0.2) is 0 Å². The SMILES string of the molecule is Cl.Nc1ccc2ccccc2c1-c1c(N)ccc2ccccc12. The molecule has 0 heterocycles. The zero-order chi connectivity index (χ0) is 15.1. The lowest BCUT2D eigenvalue weighted by Crippen LogP contribution is -1.96. The summed E-state index contributed by atoms with van der Waals surface area (Å²) < 4.78 is 0. The molecule has 4 aromatic rings. The van der Waals surface area contributed by atoms with Crippen molar-refractivity contribution in [3.63, 3.8) is 0 Å². The Morgan fingerprint density at radius 1 is 0.478 bits per heavy atom. The summed E-state index contributed by atoms with van der Waals surface area (Å²) in [6.07, 6.45) is 0. The van der Waals surface area contributed by atoms with Gasteiger partial charge in [0.25, 0.3) is 0 Å². The van der Waals surface area contributed by atoms with Crippen molar-refractivity contribution in [2.75, 3.05) is 11.5 Å². The summed E-state index contributed by atoms with van der Waals surface area (Å²) in [4.78, 5) is 0. The van der Waals surface area contributed by atoms with E-state index in [0.717, 1.165) is 33.3 Å². The van der Waals surface area contributed by atoms with E-state index in [1.165, 1.54) is 10.8 Å². The van der Waals surface area contributed by atoms with Crippen LogP contribution in [0.2, 0.25) is 0 Å². The Balaban J connectivity index is 0.00000156. The van der Waals surface area contributed by atoms with E-state index in [9.17, 15) is 0 Å². The predicted octanol–water partition coefficient (Wildman–Crippen LogP) is 5.25. The number of halogens is 1. The Hall–Kier alpha value is -2.71. The van der Waals surface area contributed by atoms with E-state index in [2.05, 4.69) is 36.4 Å².